The van der Waals surface area contributed by atoms with Gasteiger partial charge in [-0.05, 0) is 42.2 Å². The van der Waals surface area contributed by atoms with Gasteiger partial charge in [0.05, 0.1) is 53.2 Å². The number of nitrogens with zero attached hydrogens (tertiary/aromatic N) is 1. The largest absolute Gasteiger partial charge is 0.377 e. The Bertz CT molecular complexity index is 659. The van der Waals surface area contributed by atoms with E-state index in [9.17, 15) is 0 Å². The van der Waals surface area contributed by atoms with E-state index in [-0.39, 0.29) is 6.61 Å². The van der Waals surface area contributed by atoms with Gasteiger partial charge in [-0.1, -0.05) is 65.2 Å². The van der Waals surface area contributed by atoms with Gasteiger partial charge in [0, 0.05) is 0 Å². The number of likely N-dealkylation sites (N-methyl/N-ethyl adjacent to an activating group) is 1. The normalized spacial score (nSPS) is 18.9. The average molecular weight is 515 g/mol. The summed E-state index contributed by atoms with van der Waals surface area (Å²) in [6.07, 6.45) is 10.8. The fourth-order valence-corrected chi connectivity index (χ4v) is 7.57. The van der Waals surface area contributed by atoms with E-state index in [1.54, 1.807) is 0 Å². The molecular formula is C28H53FNO4Si+. The van der Waals surface area contributed by atoms with Gasteiger partial charge in [0.2, 0.25) is 0 Å². The summed E-state index contributed by atoms with van der Waals surface area (Å²) in [6.45, 7) is 16.2. The predicted octanol–water partition coefficient (Wildman–Crippen LogP) is 6.03. The van der Waals surface area contributed by atoms with Gasteiger partial charge in [0.25, 0.3) is 0 Å². The monoisotopic (exact) mass is 514 g/mol. The van der Waals surface area contributed by atoms with Crippen molar-refractivity contribution in [2.75, 3.05) is 67.0 Å². The van der Waals surface area contributed by atoms with Crippen molar-refractivity contribution >= 4 is 8.41 Å². The highest BCUT2D eigenvalue weighted by atomic mass is 28.4. The minimum atomic E-state index is -3.28. The fourth-order valence-electron chi connectivity index (χ4n) is 4.25. The maximum Gasteiger partial charge on any atom is 0.333 e. The number of ether oxygens (including phenoxy) is 4. The highest BCUT2D eigenvalue weighted by Crippen LogP contribution is 2.51. The minimum absolute atomic E-state index is 0.232. The van der Waals surface area contributed by atoms with Gasteiger partial charge in [0.1, 0.15) is 13.2 Å². The summed E-state index contributed by atoms with van der Waals surface area (Å²) >= 11 is 0. The van der Waals surface area contributed by atoms with E-state index in [1.165, 1.54) is 12.8 Å². The topological polar surface area (TPSA) is 36.9 Å². The van der Waals surface area contributed by atoms with Crippen LogP contribution in [0.25, 0.3) is 0 Å². The molecule has 0 bridgehead atoms. The molecule has 0 radical (unpaired) electrons. The van der Waals surface area contributed by atoms with Crippen molar-refractivity contribution < 1.29 is 27.5 Å². The number of hydrogen-bond donors (Lipinski definition) is 0. The lowest BCUT2D eigenvalue weighted by Crippen LogP contribution is -2.47. The molecule has 0 amide bonds. The lowest BCUT2D eigenvalue weighted by Gasteiger charge is -2.40. The molecule has 0 fully saturated rings. The second-order valence-electron chi connectivity index (χ2n) is 12.3. The molecule has 0 aromatic heterocycles. The number of halogens is 1. The summed E-state index contributed by atoms with van der Waals surface area (Å²) in [5.41, 5.74) is 2.97. The van der Waals surface area contributed by atoms with Crippen LogP contribution in [0.4, 0.5) is 4.11 Å². The molecule has 1 atom stereocenters. The van der Waals surface area contributed by atoms with Crippen molar-refractivity contribution in [3.8, 4) is 11.5 Å². The van der Waals surface area contributed by atoms with Crippen LogP contribution in [0.2, 0.25) is 10.1 Å². The summed E-state index contributed by atoms with van der Waals surface area (Å²) in [7, 11) is 1.04. The first-order chi connectivity index (χ1) is 16.3. The summed E-state index contributed by atoms with van der Waals surface area (Å²) in [4.78, 5) is 0. The first-order valence-corrected chi connectivity index (χ1v) is 15.2. The molecule has 0 saturated carbocycles. The molecule has 1 aliphatic carbocycles. The van der Waals surface area contributed by atoms with Crippen LogP contribution in [0.3, 0.4) is 0 Å². The third-order valence-electron chi connectivity index (χ3n) is 6.46. The second kappa shape index (κ2) is 15.5. The summed E-state index contributed by atoms with van der Waals surface area (Å²) in [6, 6.07) is 0. The molecule has 0 aromatic rings. The van der Waals surface area contributed by atoms with Crippen LogP contribution in [-0.2, 0) is 18.9 Å². The van der Waals surface area contributed by atoms with E-state index in [2.05, 4.69) is 37.7 Å². The molecule has 0 heterocycles. The third-order valence-corrected chi connectivity index (χ3v) is 11.1. The van der Waals surface area contributed by atoms with Crippen LogP contribution in [-0.4, -0.2) is 86.0 Å². The fraction of sp³-hybridized carbons (Fsp3) is 0.857. The van der Waals surface area contributed by atoms with Crippen LogP contribution < -0.4 is 0 Å². The first-order valence-electron chi connectivity index (χ1n) is 13.3. The van der Waals surface area contributed by atoms with Crippen molar-refractivity contribution in [2.24, 2.45) is 0 Å². The Balaban J connectivity index is 2.11. The van der Waals surface area contributed by atoms with Gasteiger partial charge in [-0.15, -0.1) is 0 Å². The first kappa shape index (κ1) is 32.3. The lowest BCUT2D eigenvalue weighted by molar-refractivity contribution is -0.910. The molecule has 0 unspecified atom stereocenters. The van der Waals surface area contributed by atoms with E-state index >= 15 is 4.11 Å². The third kappa shape index (κ3) is 12.9. The van der Waals surface area contributed by atoms with Gasteiger partial charge in [-0.2, -0.15) is 0 Å². The maximum absolute atomic E-state index is 15.7. The quantitative estimate of drug-likeness (QED) is 0.0572. The Labute approximate surface area is 216 Å². The molecule has 35 heavy (non-hydrogen) atoms. The maximum atomic E-state index is 15.7. The molecule has 1 rings (SSSR count). The molecule has 0 saturated heterocycles. The van der Waals surface area contributed by atoms with Crippen LogP contribution in [0, 0.1) is 11.5 Å². The molecule has 204 valence electrons. The van der Waals surface area contributed by atoms with E-state index < -0.39 is 18.5 Å². The zero-order valence-electron chi connectivity index (χ0n) is 23.9. The van der Waals surface area contributed by atoms with Gasteiger partial charge < -0.3 is 23.4 Å². The SMILES string of the molecule is CC(C)(C)[Si](F)(C#CCOCCOCCOC[N+](C)(C)CCO[C@H]1CC/C=C/CCC1)C(C)(C)C. The smallest absolute Gasteiger partial charge is 0.333 e. The van der Waals surface area contributed by atoms with Crippen LogP contribution in [0.15, 0.2) is 12.2 Å². The zero-order chi connectivity index (χ0) is 26.4. The second-order valence-corrected chi connectivity index (χ2v) is 16.9. The van der Waals surface area contributed by atoms with Gasteiger partial charge in [-0.3, -0.25) is 4.11 Å². The summed E-state index contributed by atoms with van der Waals surface area (Å²) < 4.78 is 39.5. The van der Waals surface area contributed by atoms with E-state index in [0.29, 0.717) is 39.3 Å². The molecule has 5 nitrogen and oxygen atoms in total. The zero-order valence-corrected chi connectivity index (χ0v) is 24.9. The Kier molecular flexibility index (Phi) is 14.3. The molecule has 0 N–H and O–H groups in total. The standard InChI is InChI=1S/C28H53FNO4Si/c1-27(2,3)35(29,28(4,5)6)24-14-18-31-20-21-32-22-23-33-25-30(7,8)17-19-34-26-15-12-10-9-11-13-16-26/h9-10,26H,11-13,15-23,25H2,1-8H3/q+1/b10-9+/t26-/m0/s1. The molecule has 1 aliphatic rings. The van der Waals surface area contributed by atoms with Crippen molar-refractivity contribution in [2.45, 2.75) is 89.8 Å². The Morgan fingerprint density at radius 3 is 2.11 bits per heavy atom. The van der Waals surface area contributed by atoms with Crippen molar-refractivity contribution in [1.82, 2.24) is 0 Å². The van der Waals surface area contributed by atoms with Crippen molar-refractivity contribution in [3.05, 3.63) is 12.2 Å². The molecular weight excluding hydrogens is 461 g/mol. The van der Waals surface area contributed by atoms with Crippen molar-refractivity contribution in [1.29, 1.82) is 0 Å². The van der Waals surface area contributed by atoms with Gasteiger partial charge in [0.15, 0.2) is 6.73 Å². The molecule has 0 aliphatic heterocycles. The Hall–Kier alpha value is -0.753. The lowest BCUT2D eigenvalue weighted by atomic mass is 10.0. The van der Waals surface area contributed by atoms with Crippen LogP contribution >= 0.6 is 0 Å². The molecule has 0 spiro atoms. The molecule has 7 heteroatoms. The highest BCUT2D eigenvalue weighted by molar-refractivity contribution is 6.86. The van der Waals surface area contributed by atoms with E-state index in [4.69, 9.17) is 18.9 Å². The summed E-state index contributed by atoms with van der Waals surface area (Å²) in [5, 5.41) is -0.873. The number of quaternary nitrogens is 1. The van der Waals surface area contributed by atoms with E-state index in [0.717, 1.165) is 36.9 Å². The van der Waals surface area contributed by atoms with Crippen molar-refractivity contribution in [3.63, 3.8) is 0 Å². The van der Waals surface area contributed by atoms with Crippen LogP contribution in [0.5, 0.6) is 0 Å². The minimum Gasteiger partial charge on any atom is -0.377 e. The Morgan fingerprint density at radius 2 is 1.46 bits per heavy atom. The summed E-state index contributed by atoms with van der Waals surface area (Å²) in [5.74, 6) is 2.93. The number of allylic oxidation sites excluding steroid dienone is 2. The van der Waals surface area contributed by atoms with E-state index in [1.807, 2.05) is 41.5 Å². The average Bonchev–Trinajstić information content (AvgIpc) is 2.71. The number of hydrogen-bond acceptors (Lipinski definition) is 4. The predicted molar refractivity (Wildman–Crippen MR) is 145 cm³/mol. The number of rotatable bonds is 13. The highest BCUT2D eigenvalue weighted by Gasteiger charge is 2.54. The Morgan fingerprint density at radius 1 is 0.857 bits per heavy atom. The van der Waals surface area contributed by atoms with Gasteiger partial charge >= 0.3 is 8.41 Å². The van der Waals surface area contributed by atoms with Crippen LogP contribution in [0.1, 0.15) is 73.6 Å². The van der Waals surface area contributed by atoms with Gasteiger partial charge in [-0.25, -0.2) is 0 Å². The molecule has 0 aromatic carbocycles.